The first-order valence-electron chi connectivity index (χ1n) is 8.29. The highest BCUT2D eigenvalue weighted by Gasteiger charge is 2.27. The van der Waals surface area contributed by atoms with Gasteiger partial charge in [0.05, 0.1) is 28.8 Å². The van der Waals surface area contributed by atoms with E-state index in [9.17, 15) is 8.42 Å². The molecular formula is C16H24ClN3O3S2. The molecule has 1 aromatic carbocycles. The molecule has 0 aliphatic carbocycles. The minimum atomic E-state index is -3.58. The summed E-state index contributed by atoms with van der Waals surface area (Å²) < 4.78 is 32.1. The molecule has 0 spiro atoms. The maximum Gasteiger partial charge on any atom is 0.243 e. The van der Waals surface area contributed by atoms with E-state index in [-0.39, 0.29) is 10.9 Å². The molecule has 6 nitrogen and oxygen atoms in total. The summed E-state index contributed by atoms with van der Waals surface area (Å²) in [5.41, 5.74) is 0.470. The van der Waals surface area contributed by atoms with E-state index >= 15 is 0 Å². The third-order valence-electron chi connectivity index (χ3n) is 3.89. The minimum Gasteiger partial charge on any atom is -0.379 e. The summed E-state index contributed by atoms with van der Waals surface area (Å²) in [5, 5.41) is 6.99. The second-order valence-electron chi connectivity index (χ2n) is 5.95. The van der Waals surface area contributed by atoms with Gasteiger partial charge in [-0.25, -0.2) is 8.42 Å². The lowest BCUT2D eigenvalue weighted by atomic mass is 10.2. The lowest BCUT2D eigenvalue weighted by Gasteiger charge is -2.26. The first-order valence-corrected chi connectivity index (χ1v) is 10.5. The number of halogens is 1. The van der Waals surface area contributed by atoms with Crippen molar-refractivity contribution in [3.8, 4) is 0 Å². The van der Waals surface area contributed by atoms with Crippen LogP contribution in [0.3, 0.4) is 0 Å². The Hall–Kier alpha value is -0.930. The fourth-order valence-electron chi connectivity index (χ4n) is 2.58. The summed E-state index contributed by atoms with van der Waals surface area (Å²) in [6.07, 6.45) is 2.03. The molecule has 1 atom stereocenters. The molecule has 1 saturated heterocycles. The predicted octanol–water partition coefficient (Wildman–Crippen LogP) is 2.84. The summed E-state index contributed by atoms with van der Waals surface area (Å²) >= 11 is 11.5. The molecule has 25 heavy (non-hydrogen) atoms. The van der Waals surface area contributed by atoms with Crippen molar-refractivity contribution < 1.29 is 13.2 Å². The molecule has 2 N–H and O–H groups in total. The number of hydrogen-bond donors (Lipinski definition) is 2. The van der Waals surface area contributed by atoms with Crippen molar-refractivity contribution in [2.45, 2.75) is 37.6 Å². The molecule has 1 heterocycles. The third kappa shape index (κ3) is 5.52. The molecule has 1 aliphatic rings. The van der Waals surface area contributed by atoms with Crippen LogP contribution in [0.1, 0.15) is 26.7 Å². The van der Waals surface area contributed by atoms with E-state index in [2.05, 4.69) is 17.6 Å². The van der Waals surface area contributed by atoms with Gasteiger partial charge in [0.15, 0.2) is 5.11 Å². The number of hydrogen-bond acceptors (Lipinski definition) is 4. The molecule has 140 valence electrons. The Labute approximate surface area is 159 Å². The highest BCUT2D eigenvalue weighted by atomic mass is 35.5. The molecule has 0 bridgehead atoms. The average molecular weight is 406 g/mol. The number of nitrogens with zero attached hydrogens (tertiary/aromatic N) is 1. The van der Waals surface area contributed by atoms with Crippen LogP contribution in [0.2, 0.25) is 5.02 Å². The van der Waals surface area contributed by atoms with Crippen LogP contribution in [0.4, 0.5) is 5.69 Å². The van der Waals surface area contributed by atoms with Gasteiger partial charge in [-0.05, 0) is 43.8 Å². The normalized spacial score (nSPS) is 17.1. The van der Waals surface area contributed by atoms with E-state index in [1.54, 1.807) is 6.07 Å². The van der Waals surface area contributed by atoms with Gasteiger partial charge in [0.1, 0.15) is 0 Å². The average Bonchev–Trinajstić information content (AvgIpc) is 2.57. The first-order chi connectivity index (χ1) is 11.8. The Morgan fingerprint density at radius 2 is 2.08 bits per heavy atom. The van der Waals surface area contributed by atoms with Crippen LogP contribution in [-0.4, -0.2) is 50.2 Å². The molecule has 0 amide bonds. The number of ether oxygens (including phenoxy) is 1. The summed E-state index contributed by atoms with van der Waals surface area (Å²) in [4.78, 5) is 0.186. The minimum absolute atomic E-state index is 0.186. The van der Waals surface area contributed by atoms with Crippen molar-refractivity contribution in [1.29, 1.82) is 0 Å². The molecule has 1 fully saturated rings. The standard InChI is InChI=1S/C16H24ClN3O3S2/c1-3-4-12(2)18-16(24)19-15-11-13(5-6-14(15)17)25(21,22)20-7-9-23-10-8-20/h5-6,11-12H,3-4,7-10H2,1-2H3,(H2,18,19,24)/t12-/m0/s1. The number of sulfonamides is 1. The van der Waals surface area contributed by atoms with Crippen molar-refractivity contribution in [3.05, 3.63) is 23.2 Å². The van der Waals surface area contributed by atoms with Crippen LogP contribution in [-0.2, 0) is 14.8 Å². The smallest absolute Gasteiger partial charge is 0.243 e. The number of nitrogens with one attached hydrogen (secondary N) is 2. The highest BCUT2D eigenvalue weighted by Crippen LogP contribution is 2.27. The van der Waals surface area contributed by atoms with Crippen LogP contribution in [0.5, 0.6) is 0 Å². The van der Waals surface area contributed by atoms with Crippen LogP contribution in [0, 0.1) is 0 Å². The van der Waals surface area contributed by atoms with Crippen molar-refractivity contribution in [2.24, 2.45) is 0 Å². The Kier molecular flexibility index (Phi) is 7.45. The Bertz CT molecular complexity index is 707. The summed E-state index contributed by atoms with van der Waals surface area (Å²) in [7, 11) is -3.58. The molecule has 0 saturated carbocycles. The molecule has 0 aromatic heterocycles. The Morgan fingerprint density at radius 1 is 1.40 bits per heavy atom. The number of benzene rings is 1. The van der Waals surface area contributed by atoms with Gasteiger partial charge in [0.25, 0.3) is 0 Å². The fourth-order valence-corrected chi connectivity index (χ4v) is 4.49. The van der Waals surface area contributed by atoms with Crippen molar-refractivity contribution in [1.82, 2.24) is 9.62 Å². The lowest BCUT2D eigenvalue weighted by molar-refractivity contribution is 0.0730. The van der Waals surface area contributed by atoms with E-state index in [0.717, 1.165) is 12.8 Å². The van der Waals surface area contributed by atoms with Gasteiger partial charge in [0.2, 0.25) is 10.0 Å². The maximum atomic E-state index is 12.8. The number of thiocarbonyl (C=S) groups is 1. The van der Waals surface area contributed by atoms with Crippen LogP contribution >= 0.6 is 23.8 Å². The van der Waals surface area contributed by atoms with Crippen molar-refractivity contribution in [2.75, 3.05) is 31.6 Å². The van der Waals surface area contributed by atoms with Crippen LogP contribution < -0.4 is 10.6 Å². The van der Waals surface area contributed by atoms with Gasteiger partial charge in [-0.2, -0.15) is 4.31 Å². The Balaban J connectivity index is 2.15. The summed E-state index contributed by atoms with van der Waals surface area (Å²) in [6, 6.07) is 4.82. The van der Waals surface area contributed by atoms with Gasteiger partial charge in [-0.15, -0.1) is 0 Å². The van der Waals surface area contributed by atoms with Gasteiger partial charge in [-0.3, -0.25) is 0 Å². The number of anilines is 1. The van der Waals surface area contributed by atoms with E-state index in [4.69, 9.17) is 28.6 Å². The largest absolute Gasteiger partial charge is 0.379 e. The number of rotatable bonds is 6. The van der Waals surface area contributed by atoms with Gasteiger partial charge in [0, 0.05) is 19.1 Å². The van der Waals surface area contributed by atoms with Crippen LogP contribution in [0.25, 0.3) is 0 Å². The van der Waals surface area contributed by atoms with E-state index in [1.165, 1.54) is 16.4 Å². The summed E-state index contributed by atoms with van der Waals surface area (Å²) in [6.45, 7) is 5.65. The van der Waals surface area contributed by atoms with Crippen molar-refractivity contribution in [3.63, 3.8) is 0 Å². The topological polar surface area (TPSA) is 70.7 Å². The van der Waals surface area contributed by atoms with E-state index in [0.29, 0.717) is 42.1 Å². The van der Waals surface area contributed by atoms with E-state index in [1.807, 2.05) is 6.92 Å². The quantitative estimate of drug-likeness (QED) is 0.709. The van der Waals surface area contributed by atoms with Crippen molar-refractivity contribution >= 4 is 44.6 Å². The molecular weight excluding hydrogens is 382 g/mol. The SMILES string of the molecule is CCC[C@H](C)NC(=S)Nc1cc(S(=O)(=O)N2CCOCC2)ccc1Cl. The molecule has 9 heteroatoms. The van der Waals surface area contributed by atoms with E-state index < -0.39 is 10.0 Å². The molecule has 0 radical (unpaired) electrons. The monoisotopic (exact) mass is 405 g/mol. The summed E-state index contributed by atoms with van der Waals surface area (Å²) in [5.74, 6) is 0. The van der Waals surface area contributed by atoms with Gasteiger partial charge in [-0.1, -0.05) is 24.9 Å². The lowest BCUT2D eigenvalue weighted by Crippen LogP contribution is -2.40. The first kappa shape index (κ1) is 20.4. The second kappa shape index (κ2) is 9.14. The van der Waals surface area contributed by atoms with Gasteiger partial charge < -0.3 is 15.4 Å². The molecule has 1 aliphatic heterocycles. The highest BCUT2D eigenvalue weighted by molar-refractivity contribution is 7.89. The maximum absolute atomic E-state index is 12.8. The predicted molar refractivity (Wildman–Crippen MR) is 105 cm³/mol. The molecule has 1 aromatic rings. The third-order valence-corrected chi connectivity index (χ3v) is 6.34. The Morgan fingerprint density at radius 3 is 2.72 bits per heavy atom. The van der Waals surface area contributed by atoms with Gasteiger partial charge >= 0.3 is 0 Å². The zero-order chi connectivity index (χ0) is 18.4. The molecule has 0 unspecified atom stereocenters. The second-order valence-corrected chi connectivity index (χ2v) is 8.70. The fraction of sp³-hybridized carbons (Fsp3) is 0.562. The zero-order valence-electron chi connectivity index (χ0n) is 14.4. The van der Waals surface area contributed by atoms with Crippen LogP contribution in [0.15, 0.2) is 23.1 Å². The zero-order valence-corrected chi connectivity index (χ0v) is 16.8. The molecule has 2 rings (SSSR count). The number of morpholine rings is 1.